The molecule has 0 aliphatic rings. The number of nitrogens with zero attached hydrogens (tertiary/aromatic N) is 2. The standard InChI is InChI=1S/C36H30N2O/c1-36(2,3)31-21-18-29(19-22-31)34-37-38-35(39-34)33-24-30(20-23-32(33)28-12-8-5-9-13-28)27-16-14-26(15-17-27)25-10-6-4-7-11-25/h4-24H,1-3H3. The minimum Gasteiger partial charge on any atom is -0.416 e. The van der Waals surface area contributed by atoms with Gasteiger partial charge in [-0.15, -0.1) is 10.2 Å². The molecule has 0 bridgehead atoms. The van der Waals surface area contributed by atoms with Crippen molar-refractivity contribution in [3.05, 3.63) is 133 Å². The van der Waals surface area contributed by atoms with Crippen LogP contribution in [0, 0.1) is 0 Å². The molecule has 0 aliphatic heterocycles. The van der Waals surface area contributed by atoms with Crippen LogP contribution in [-0.4, -0.2) is 10.2 Å². The first-order valence-electron chi connectivity index (χ1n) is 13.3. The molecule has 190 valence electrons. The Balaban J connectivity index is 1.39. The van der Waals surface area contributed by atoms with Crippen molar-refractivity contribution in [3.63, 3.8) is 0 Å². The number of hydrogen-bond acceptors (Lipinski definition) is 3. The summed E-state index contributed by atoms with van der Waals surface area (Å²) >= 11 is 0. The van der Waals surface area contributed by atoms with Crippen LogP contribution in [0.3, 0.4) is 0 Å². The topological polar surface area (TPSA) is 38.9 Å². The highest BCUT2D eigenvalue weighted by Gasteiger charge is 2.18. The van der Waals surface area contributed by atoms with E-state index in [4.69, 9.17) is 4.42 Å². The Bertz CT molecular complexity index is 1690. The zero-order valence-electron chi connectivity index (χ0n) is 22.4. The van der Waals surface area contributed by atoms with Gasteiger partial charge in [-0.1, -0.05) is 130 Å². The van der Waals surface area contributed by atoms with Crippen molar-refractivity contribution < 1.29 is 4.42 Å². The fourth-order valence-corrected chi connectivity index (χ4v) is 4.82. The van der Waals surface area contributed by atoms with E-state index in [2.05, 4.69) is 134 Å². The first-order chi connectivity index (χ1) is 19.0. The van der Waals surface area contributed by atoms with Crippen LogP contribution >= 0.6 is 0 Å². The zero-order valence-corrected chi connectivity index (χ0v) is 22.4. The molecule has 1 heterocycles. The third-order valence-corrected chi connectivity index (χ3v) is 7.08. The number of rotatable bonds is 5. The fourth-order valence-electron chi connectivity index (χ4n) is 4.82. The highest BCUT2D eigenvalue weighted by molar-refractivity contribution is 5.85. The van der Waals surface area contributed by atoms with Crippen LogP contribution in [0.25, 0.3) is 56.3 Å². The van der Waals surface area contributed by atoms with E-state index >= 15 is 0 Å². The summed E-state index contributed by atoms with van der Waals surface area (Å²) in [6, 6.07) is 44.3. The van der Waals surface area contributed by atoms with E-state index in [9.17, 15) is 0 Å². The molecular formula is C36H30N2O. The molecule has 1 aromatic heterocycles. The van der Waals surface area contributed by atoms with E-state index in [-0.39, 0.29) is 5.41 Å². The summed E-state index contributed by atoms with van der Waals surface area (Å²) in [5, 5.41) is 8.91. The van der Waals surface area contributed by atoms with Gasteiger partial charge in [-0.2, -0.15) is 0 Å². The van der Waals surface area contributed by atoms with Crippen molar-refractivity contribution >= 4 is 0 Å². The van der Waals surface area contributed by atoms with Crippen LogP contribution in [0.5, 0.6) is 0 Å². The smallest absolute Gasteiger partial charge is 0.248 e. The molecule has 0 aliphatic carbocycles. The molecule has 0 spiro atoms. The summed E-state index contributed by atoms with van der Waals surface area (Å²) in [6.07, 6.45) is 0. The number of aromatic nitrogens is 2. The molecule has 0 radical (unpaired) electrons. The molecule has 6 rings (SSSR count). The van der Waals surface area contributed by atoms with Crippen molar-refractivity contribution in [2.45, 2.75) is 26.2 Å². The second-order valence-electron chi connectivity index (χ2n) is 10.8. The van der Waals surface area contributed by atoms with Crippen LogP contribution in [0.2, 0.25) is 0 Å². The Labute approximate surface area is 229 Å². The first kappa shape index (κ1) is 24.6. The lowest BCUT2D eigenvalue weighted by atomic mass is 9.87. The van der Waals surface area contributed by atoms with Gasteiger partial charge < -0.3 is 4.42 Å². The molecule has 0 fully saturated rings. The summed E-state index contributed by atoms with van der Waals surface area (Å²) in [5.41, 5.74) is 9.97. The molecule has 39 heavy (non-hydrogen) atoms. The minimum absolute atomic E-state index is 0.0862. The van der Waals surface area contributed by atoms with Crippen molar-refractivity contribution in [3.8, 4) is 56.3 Å². The third kappa shape index (κ3) is 5.17. The second kappa shape index (κ2) is 10.2. The van der Waals surface area contributed by atoms with E-state index in [1.165, 1.54) is 16.7 Å². The molecule has 3 heteroatoms. The molecule has 3 nitrogen and oxygen atoms in total. The molecule has 0 unspecified atom stereocenters. The quantitative estimate of drug-likeness (QED) is 0.234. The van der Waals surface area contributed by atoms with Gasteiger partial charge in [-0.05, 0) is 62.6 Å². The van der Waals surface area contributed by atoms with E-state index < -0.39 is 0 Å². The average Bonchev–Trinajstić information content (AvgIpc) is 3.48. The van der Waals surface area contributed by atoms with E-state index in [0.717, 1.165) is 33.4 Å². The van der Waals surface area contributed by atoms with E-state index in [0.29, 0.717) is 11.8 Å². The lowest BCUT2D eigenvalue weighted by Crippen LogP contribution is -2.10. The Kier molecular flexibility index (Phi) is 6.42. The fraction of sp³-hybridized carbons (Fsp3) is 0.111. The van der Waals surface area contributed by atoms with Gasteiger partial charge in [0.1, 0.15) is 0 Å². The Morgan fingerprint density at radius 3 is 1.54 bits per heavy atom. The highest BCUT2D eigenvalue weighted by Crippen LogP contribution is 2.37. The molecule has 0 amide bonds. The molecule has 6 aromatic rings. The van der Waals surface area contributed by atoms with Gasteiger partial charge in [-0.25, -0.2) is 0 Å². The van der Waals surface area contributed by atoms with Gasteiger partial charge in [0.2, 0.25) is 11.8 Å². The molecule has 0 atom stereocenters. The van der Waals surface area contributed by atoms with E-state index in [1.807, 2.05) is 24.3 Å². The normalized spacial score (nSPS) is 11.5. The minimum atomic E-state index is 0.0862. The number of hydrogen-bond donors (Lipinski definition) is 0. The summed E-state index contributed by atoms with van der Waals surface area (Å²) in [7, 11) is 0. The first-order valence-corrected chi connectivity index (χ1v) is 13.3. The summed E-state index contributed by atoms with van der Waals surface area (Å²) in [6.45, 7) is 6.63. The predicted molar refractivity (Wildman–Crippen MR) is 160 cm³/mol. The molecule has 0 saturated carbocycles. The van der Waals surface area contributed by atoms with Gasteiger partial charge in [0.15, 0.2) is 0 Å². The van der Waals surface area contributed by atoms with Gasteiger partial charge >= 0.3 is 0 Å². The second-order valence-corrected chi connectivity index (χ2v) is 10.8. The van der Waals surface area contributed by atoms with Crippen molar-refractivity contribution in [1.29, 1.82) is 0 Å². The maximum absolute atomic E-state index is 6.29. The Hall–Kier alpha value is -4.76. The lowest BCUT2D eigenvalue weighted by Gasteiger charge is -2.18. The SMILES string of the molecule is CC(C)(C)c1ccc(-c2nnc(-c3cc(-c4ccc(-c5ccccc5)cc4)ccc3-c3ccccc3)o2)cc1. The molecule has 5 aromatic carbocycles. The van der Waals surface area contributed by atoms with Crippen LogP contribution in [0.4, 0.5) is 0 Å². The molecule has 0 saturated heterocycles. The lowest BCUT2D eigenvalue weighted by molar-refractivity contribution is 0.582. The largest absolute Gasteiger partial charge is 0.416 e. The van der Waals surface area contributed by atoms with Gasteiger partial charge in [0.25, 0.3) is 0 Å². The predicted octanol–water partition coefficient (Wildman–Crippen LogP) is 9.70. The summed E-state index contributed by atoms with van der Waals surface area (Å²) in [4.78, 5) is 0. The van der Waals surface area contributed by atoms with Crippen LogP contribution in [-0.2, 0) is 5.41 Å². The maximum Gasteiger partial charge on any atom is 0.248 e. The van der Waals surface area contributed by atoms with Crippen molar-refractivity contribution in [1.82, 2.24) is 10.2 Å². The molecular weight excluding hydrogens is 476 g/mol. The highest BCUT2D eigenvalue weighted by atomic mass is 16.4. The third-order valence-electron chi connectivity index (χ3n) is 7.08. The Morgan fingerprint density at radius 1 is 0.436 bits per heavy atom. The molecule has 0 N–H and O–H groups in total. The monoisotopic (exact) mass is 506 g/mol. The van der Waals surface area contributed by atoms with Gasteiger partial charge in [0.05, 0.1) is 0 Å². The van der Waals surface area contributed by atoms with Gasteiger partial charge in [-0.3, -0.25) is 0 Å². The van der Waals surface area contributed by atoms with E-state index in [1.54, 1.807) is 0 Å². The van der Waals surface area contributed by atoms with Crippen LogP contribution < -0.4 is 0 Å². The summed E-state index contributed by atoms with van der Waals surface area (Å²) in [5.74, 6) is 1.02. The van der Waals surface area contributed by atoms with Crippen molar-refractivity contribution in [2.24, 2.45) is 0 Å². The van der Waals surface area contributed by atoms with Crippen LogP contribution in [0.1, 0.15) is 26.3 Å². The summed E-state index contributed by atoms with van der Waals surface area (Å²) < 4.78 is 6.29. The Morgan fingerprint density at radius 2 is 0.923 bits per heavy atom. The van der Waals surface area contributed by atoms with Gasteiger partial charge in [0, 0.05) is 11.1 Å². The van der Waals surface area contributed by atoms with Crippen LogP contribution in [0.15, 0.2) is 132 Å². The zero-order chi connectivity index (χ0) is 26.8. The average molecular weight is 507 g/mol. The maximum atomic E-state index is 6.29. The van der Waals surface area contributed by atoms with Crippen molar-refractivity contribution in [2.75, 3.05) is 0 Å². The number of benzene rings is 5.